The Morgan fingerprint density at radius 3 is 2.42 bits per heavy atom. The topological polar surface area (TPSA) is 29.4 Å². The number of nitrogens with zero attached hydrogens (tertiary/aromatic N) is 1. The van der Waals surface area contributed by atoms with E-state index in [0.717, 1.165) is 0 Å². The first-order valence-corrected chi connectivity index (χ1v) is 3.55. The van der Waals surface area contributed by atoms with Gasteiger partial charge in [-0.1, -0.05) is 6.92 Å². The van der Waals surface area contributed by atoms with Gasteiger partial charge in [0.25, 0.3) is 0 Å². The lowest BCUT2D eigenvalue weighted by Gasteiger charge is -2.11. The summed E-state index contributed by atoms with van der Waals surface area (Å²) in [5.41, 5.74) is -1.18. The Kier molecular flexibility index (Phi) is 2.00. The number of halogens is 3. The lowest BCUT2D eigenvalue weighted by atomic mass is 10.1. The Labute approximate surface area is 67.5 Å². The van der Waals surface area contributed by atoms with Gasteiger partial charge in [0, 0.05) is 0 Å². The van der Waals surface area contributed by atoms with Gasteiger partial charge < -0.3 is 0 Å². The average Bonchev–Trinajstić information content (AvgIpc) is 2.37. The lowest BCUT2D eigenvalue weighted by molar-refractivity contribution is -0.140. The van der Waals surface area contributed by atoms with Crippen molar-refractivity contribution >= 4 is 6.08 Å². The molecule has 12 heavy (non-hydrogen) atoms. The van der Waals surface area contributed by atoms with Crippen molar-refractivity contribution in [2.75, 3.05) is 0 Å². The molecule has 0 radical (unpaired) electrons. The summed E-state index contributed by atoms with van der Waals surface area (Å²) >= 11 is 0. The third kappa shape index (κ3) is 1.85. The predicted molar refractivity (Wildman–Crippen MR) is 35.3 cm³/mol. The molecule has 1 saturated carbocycles. The van der Waals surface area contributed by atoms with Crippen molar-refractivity contribution < 1.29 is 18.0 Å². The van der Waals surface area contributed by atoms with E-state index in [0.29, 0.717) is 6.42 Å². The van der Waals surface area contributed by atoms with Crippen molar-refractivity contribution in [2.45, 2.75) is 31.5 Å². The zero-order valence-electron chi connectivity index (χ0n) is 6.48. The molecule has 2 atom stereocenters. The van der Waals surface area contributed by atoms with Crippen molar-refractivity contribution in [1.82, 2.24) is 0 Å². The van der Waals surface area contributed by atoms with Gasteiger partial charge in [-0.3, -0.25) is 0 Å². The zero-order chi connectivity index (χ0) is 9.41. The van der Waals surface area contributed by atoms with Crippen LogP contribution in [0.4, 0.5) is 13.2 Å². The van der Waals surface area contributed by atoms with Crippen LogP contribution >= 0.6 is 0 Å². The highest BCUT2D eigenvalue weighted by Gasteiger charge is 2.57. The van der Waals surface area contributed by atoms with E-state index in [-0.39, 0.29) is 5.92 Å². The molecule has 0 N–H and O–H groups in total. The van der Waals surface area contributed by atoms with E-state index in [1.54, 1.807) is 6.92 Å². The summed E-state index contributed by atoms with van der Waals surface area (Å²) in [7, 11) is 0. The van der Waals surface area contributed by atoms with Crippen LogP contribution in [-0.2, 0) is 4.79 Å². The number of hydrogen-bond acceptors (Lipinski definition) is 2. The minimum absolute atomic E-state index is 0.152. The van der Waals surface area contributed by atoms with Crippen LogP contribution < -0.4 is 0 Å². The molecular weight excluding hydrogens is 171 g/mol. The Hall–Kier alpha value is -0.830. The molecule has 1 aliphatic rings. The zero-order valence-corrected chi connectivity index (χ0v) is 6.48. The maximum atomic E-state index is 11.9. The summed E-state index contributed by atoms with van der Waals surface area (Å²) in [5.74, 6) is -0.152. The van der Waals surface area contributed by atoms with Crippen LogP contribution in [0.25, 0.3) is 0 Å². The summed E-state index contributed by atoms with van der Waals surface area (Å²) in [6, 6.07) is 0. The van der Waals surface area contributed by atoms with E-state index in [9.17, 15) is 18.0 Å². The second-order valence-electron chi connectivity index (χ2n) is 3.20. The van der Waals surface area contributed by atoms with E-state index in [1.165, 1.54) is 6.08 Å². The molecule has 5 heteroatoms. The second kappa shape index (κ2) is 2.59. The molecule has 0 aliphatic heterocycles. The van der Waals surface area contributed by atoms with Gasteiger partial charge >= 0.3 is 6.18 Å². The van der Waals surface area contributed by atoms with Gasteiger partial charge in [0.2, 0.25) is 6.08 Å². The molecule has 2 nitrogen and oxygen atoms in total. The normalized spacial score (nSPS) is 34.2. The Morgan fingerprint density at radius 2 is 2.17 bits per heavy atom. The van der Waals surface area contributed by atoms with E-state index in [2.05, 4.69) is 4.99 Å². The van der Waals surface area contributed by atoms with E-state index >= 15 is 0 Å². The molecule has 1 aliphatic carbocycles. The molecular formula is C7H8F3NO. The third-order valence-electron chi connectivity index (χ3n) is 2.19. The summed E-state index contributed by atoms with van der Waals surface area (Å²) in [4.78, 5) is 13.0. The highest BCUT2D eigenvalue weighted by atomic mass is 19.4. The molecule has 0 heterocycles. The van der Waals surface area contributed by atoms with Crippen molar-refractivity contribution in [3.8, 4) is 0 Å². The molecule has 0 aromatic rings. The highest BCUT2D eigenvalue weighted by molar-refractivity contribution is 5.37. The van der Waals surface area contributed by atoms with Crippen LogP contribution in [0.15, 0.2) is 4.99 Å². The highest BCUT2D eigenvalue weighted by Crippen LogP contribution is 2.52. The Morgan fingerprint density at radius 1 is 1.67 bits per heavy atom. The van der Waals surface area contributed by atoms with E-state index < -0.39 is 18.1 Å². The van der Waals surface area contributed by atoms with Crippen LogP contribution in [0, 0.1) is 5.92 Å². The minimum atomic E-state index is -4.24. The van der Waals surface area contributed by atoms with E-state index in [4.69, 9.17) is 0 Å². The Bertz CT molecular complexity index is 231. The minimum Gasteiger partial charge on any atom is -0.211 e. The van der Waals surface area contributed by atoms with Crippen molar-refractivity contribution in [2.24, 2.45) is 10.9 Å². The first-order chi connectivity index (χ1) is 5.40. The van der Waals surface area contributed by atoms with Gasteiger partial charge in [-0.25, -0.2) is 4.79 Å². The van der Waals surface area contributed by atoms with E-state index in [1.807, 2.05) is 0 Å². The fourth-order valence-corrected chi connectivity index (χ4v) is 1.35. The number of isocyanates is 1. The molecule has 68 valence electrons. The second-order valence-corrected chi connectivity index (χ2v) is 3.20. The molecule has 0 spiro atoms. The molecule has 0 bridgehead atoms. The smallest absolute Gasteiger partial charge is 0.211 e. The number of aliphatic imine (C=N–C) groups is 1. The third-order valence-corrected chi connectivity index (χ3v) is 2.19. The monoisotopic (exact) mass is 179 g/mol. The SMILES string of the molecule is CC1CC1(CC(F)(F)F)N=C=O. The quantitative estimate of drug-likeness (QED) is 0.471. The maximum absolute atomic E-state index is 11.9. The predicted octanol–water partition coefficient (Wildman–Crippen LogP) is 2.05. The van der Waals surface area contributed by atoms with Crippen molar-refractivity contribution in [3.05, 3.63) is 0 Å². The van der Waals surface area contributed by atoms with Crippen molar-refractivity contribution in [3.63, 3.8) is 0 Å². The summed E-state index contributed by atoms with van der Waals surface area (Å²) in [5, 5.41) is 0. The van der Waals surface area contributed by atoms with Gasteiger partial charge in [0.15, 0.2) is 0 Å². The number of rotatable bonds is 2. The van der Waals surface area contributed by atoms with Gasteiger partial charge in [-0.05, 0) is 12.3 Å². The molecule has 0 aromatic carbocycles. The van der Waals surface area contributed by atoms with Crippen LogP contribution in [0.3, 0.4) is 0 Å². The number of alkyl halides is 3. The van der Waals surface area contributed by atoms with Gasteiger partial charge in [-0.2, -0.15) is 18.2 Å². The fourth-order valence-electron chi connectivity index (χ4n) is 1.35. The van der Waals surface area contributed by atoms with Crippen LogP contribution in [0.2, 0.25) is 0 Å². The molecule has 1 rings (SSSR count). The first kappa shape index (κ1) is 9.26. The molecule has 0 aromatic heterocycles. The largest absolute Gasteiger partial charge is 0.391 e. The number of hydrogen-bond donors (Lipinski definition) is 0. The van der Waals surface area contributed by atoms with Gasteiger partial charge in [0.1, 0.15) is 0 Å². The van der Waals surface area contributed by atoms with Gasteiger partial charge in [0.05, 0.1) is 12.0 Å². The molecule has 1 fully saturated rings. The average molecular weight is 179 g/mol. The van der Waals surface area contributed by atoms with Crippen LogP contribution in [0.5, 0.6) is 0 Å². The fraction of sp³-hybridized carbons (Fsp3) is 0.857. The summed E-state index contributed by atoms with van der Waals surface area (Å²) in [6.45, 7) is 1.65. The van der Waals surface area contributed by atoms with Crippen LogP contribution in [-0.4, -0.2) is 17.8 Å². The number of carbonyl (C=O) groups excluding carboxylic acids is 1. The molecule has 2 unspecified atom stereocenters. The van der Waals surface area contributed by atoms with Crippen LogP contribution in [0.1, 0.15) is 19.8 Å². The van der Waals surface area contributed by atoms with Crippen molar-refractivity contribution in [1.29, 1.82) is 0 Å². The molecule has 0 amide bonds. The molecule has 0 saturated heterocycles. The van der Waals surface area contributed by atoms with Gasteiger partial charge in [-0.15, -0.1) is 0 Å². The Balaban J connectivity index is 2.66. The summed E-state index contributed by atoms with van der Waals surface area (Å²) < 4.78 is 35.7. The standard InChI is InChI=1S/C7H8F3NO/c1-5-2-6(5,11-4-12)3-7(8,9)10/h5H,2-3H2,1H3. The maximum Gasteiger partial charge on any atom is 0.391 e. The first-order valence-electron chi connectivity index (χ1n) is 3.55. The summed E-state index contributed by atoms with van der Waals surface area (Å²) in [6.07, 6.45) is -3.71. The lowest BCUT2D eigenvalue weighted by Crippen LogP contribution is -2.20.